The maximum absolute atomic E-state index is 13.9. The van der Waals surface area contributed by atoms with E-state index in [0.717, 1.165) is 38.5 Å². The summed E-state index contributed by atoms with van der Waals surface area (Å²) < 4.78 is 97.0. The van der Waals surface area contributed by atoms with Gasteiger partial charge >= 0.3 is 35.7 Å². The lowest BCUT2D eigenvalue weighted by Gasteiger charge is -2.22. The van der Waals surface area contributed by atoms with Gasteiger partial charge in [0.2, 0.25) is 0 Å². The van der Waals surface area contributed by atoms with Crippen molar-refractivity contribution in [3.63, 3.8) is 0 Å². The Bertz CT molecular complexity index is 2080. The molecule has 474 valence electrons. The number of aliphatic hydroxyl groups is 3. The van der Waals surface area contributed by atoms with E-state index in [1.54, 1.807) is 20.8 Å². The van der Waals surface area contributed by atoms with Crippen molar-refractivity contribution < 1.29 is 84.6 Å². The number of aliphatic hydroxyl groups excluding tert-OH is 3. The summed E-state index contributed by atoms with van der Waals surface area (Å²) in [5, 5.41) is 30.4. The van der Waals surface area contributed by atoms with Gasteiger partial charge in [0, 0.05) is 77.4 Å². The van der Waals surface area contributed by atoms with E-state index in [9.17, 15) is 70.4 Å². The van der Waals surface area contributed by atoms with Crippen molar-refractivity contribution in [1.29, 1.82) is 0 Å². The lowest BCUT2D eigenvalue weighted by atomic mass is 10.00. The average molecular weight is 1200 g/mol. The number of likely N-dealkylation sites (tertiary alicyclic amines) is 3. The topological polar surface area (TPSA) is 201 Å². The summed E-state index contributed by atoms with van der Waals surface area (Å²) in [7, 11) is 4.01. The Balaban J connectivity index is 0.000000630. The number of carbonyl (C=O) groups excluding carboxylic acids is 6. The maximum Gasteiger partial charge on any atom is 0.327 e. The first-order valence-corrected chi connectivity index (χ1v) is 29.2. The van der Waals surface area contributed by atoms with Crippen LogP contribution >= 0.6 is 0 Å². The fraction of sp³-hybridized carbons (Fsp3) is 0.714. The Morgan fingerprint density at radius 1 is 0.464 bits per heavy atom. The van der Waals surface area contributed by atoms with Crippen LogP contribution in [0, 0.1) is 53.3 Å². The molecule has 0 spiro atoms. The first-order valence-electron chi connectivity index (χ1n) is 29.2. The molecule has 0 aromatic heterocycles. The largest absolute Gasteiger partial charge is 0.469 e. The normalized spacial score (nSPS) is 20.7. The Kier molecular flexibility index (Phi) is 36.7. The van der Waals surface area contributed by atoms with Crippen LogP contribution in [0.1, 0.15) is 176 Å². The van der Waals surface area contributed by atoms with Crippen LogP contribution in [0.15, 0.2) is 36.5 Å². The number of nitrogens with zero attached hydrogens (tertiary/aromatic N) is 3. The van der Waals surface area contributed by atoms with Gasteiger partial charge in [0.15, 0.2) is 0 Å². The van der Waals surface area contributed by atoms with E-state index in [0.29, 0.717) is 77.0 Å². The van der Waals surface area contributed by atoms with E-state index in [1.807, 2.05) is 20.8 Å². The number of amides is 3. The molecule has 0 aromatic carbocycles. The minimum Gasteiger partial charge on any atom is -0.469 e. The number of hydrogen-bond acceptors (Lipinski definition) is 12. The monoisotopic (exact) mass is 1200 g/mol. The quantitative estimate of drug-likeness (QED) is 0.0141. The third-order valence-corrected chi connectivity index (χ3v) is 14.7. The van der Waals surface area contributed by atoms with E-state index in [4.69, 9.17) is 0 Å². The number of esters is 3. The van der Waals surface area contributed by atoms with Crippen LogP contribution in [0.3, 0.4) is 0 Å². The highest BCUT2D eigenvalue weighted by molar-refractivity contribution is 5.87. The molecule has 1 unspecified atom stereocenters. The predicted molar refractivity (Wildman–Crippen MR) is 308 cm³/mol. The second-order valence-corrected chi connectivity index (χ2v) is 21.6. The Labute approximate surface area is 494 Å². The average Bonchev–Trinajstić information content (AvgIpc) is 3.86. The molecule has 3 rings (SSSR count). The van der Waals surface area contributed by atoms with Crippen LogP contribution in [0.4, 0.5) is 26.3 Å². The molecule has 0 bridgehead atoms. The number of methoxy groups -OCH3 is 3. The van der Waals surface area contributed by atoms with Gasteiger partial charge in [-0.1, -0.05) is 95.8 Å². The number of unbranched alkanes of at least 4 members (excludes halogenated alkanes) is 9. The van der Waals surface area contributed by atoms with Gasteiger partial charge in [-0.2, -0.15) is 26.3 Å². The second kappa shape index (κ2) is 40.5. The van der Waals surface area contributed by atoms with Gasteiger partial charge in [-0.15, -0.1) is 35.5 Å². The fourth-order valence-electron chi connectivity index (χ4n) is 9.25. The van der Waals surface area contributed by atoms with Crippen LogP contribution in [0.25, 0.3) is 0 Å². The van der Waals surface area contributed by atoms with Crippen molar-refractivity contribution in [2.45, 2.75) is 231 Å². The number of alkyl halides is 6. The lowest BCUT2D eigenvalue weighted by molar-refractivity contribution is -0.148. The van der Waals surface area contributed by atoms with Crippen molar-refractivity contribution in [1.82, 2.24) is 14.7 Å². The number of rotatable bonds is 33. The first kappa shape index (κ1) is 76.2. The van der Waals surface area contributed by atoms with Crippen molar-refractivity contribution in [3.8, 4) is 35.5 Å². The number of hydrogen-bond donors (Lipinski definition) is 3. The van der Waals surface area contributed by atoms with Crippen LogP contribution < -0.4 is 0 Å². The summed E-state index contributed by atoms with van der Waals surface area (Å²) in [6.45, 7) is 11.3. The molecule has 3 amide bonds. The van der Waals surface area contributed by atoms with Gasteiger partial charge in [0.1, 0.15) is 0 Å². The van der Waals surface area contributed by atoms with Gasteiger partial charge in [0.05, 0.1) is 57.8 Å². The highest BCUT2D eigenvalue weighted by atomic mass is 19.3. The minimum absolute atomic E-state index is 0.121. The molecule has 9 atom stereocenters. The maximum atomic E-state index is 13.9. The summed E-state index contributed by atoms with van der Waals surface area (Å²) in [5.41, 5.74) is 0. The highest BCUT2D eigenvalue weighted by Gasteiger charge is 2.54. The van der Waals surface area contributed by atoms with E-state index >= 15 is 0 Å². The van der Waals surface area contributed by atoms with Crippen LogP contribution in [-0.2, 0) is 43.0 Å². The zero-order valence-corrected chi connectivity index (χ0v) is 50.8. The second-order valence-electron chi connectivity index (χ2n) is 21.6. The molecular weight excluding hydrogens is 1100 g/mol. The molecule has 3 aliphatic rings. The smallest absolute Gasteiger partial charge is 0.327 e. The molecule has 0 radical (unpaired) electrons. The highest BCUT2D eigenvalue weighted by Crippen LogP contribution is 2.37. The van der Waals surface area contributed by atoms with Crippen molar-refractivity contribution in [2.75, 3.05) is 41.0 Å². The van der Waals surface area contributed by atoms with Crippen LogP contribution in [0.2, 0.25) is 0 Å². The number of halogens is 6. The summed E-state index contributed by atoms with van der Waals surface area (Å²) >= 11 is 0. The van der Waals surface area contributed by atoms with Gasteiger partial charge < -0.3 is 44.2 Å². The molecule has 3 heterocycles. The third-order valence-electron chi connectivity index (χ3n) is 14.7. The molecule has 3 fully saturated rings. The van der Waals surface area contributed by atoms with E-state index in [1.165, 1.54) is 72.5 Å². The molecule has 3 aliphatic heterocycles. The zero-order chi connectivity index (χ0) is 63.5. The van der Waals surface area contributed by atoms with Gasteiger partial charge in [0.25, 0.3) is 17.7 Å². The summed E-state index contributed by atoms with van der Waals surface area (Å²) in [6.07, 6.45) is 15.7. The Morgan fingerprint density at radius 2 is 0.690 bits per heavy atom. The molecule has 0 aliphatic carbocycles. The van der Waals surface area contributed by atoms with Crippen molar-refractivity contribution in [3.05, 3.63) is 36.5 Å². The number of ether oxygens (including phenoxy) is 3. The Morgan fingerprint density at radius 3 is 0.905 bits per heavy atom. The molecule has 84 heavy (non-hydrogen) atoms. The lowest BCUT2D eigenvalue weighted by Crippen LogP contribution is -2.36. The summed E-state index contributed by atoms with van der Waals surface area (Å²) in [6, 6.07) is -2.18. The molecule has 15 nitrogen and oxygen atoms in total. The molecule has 0 saturated carbocycles. The predicted octanol–water partition coefficient (Wildman–Crippen LogP) is 9.94. The van der Waals surface area contributed by atoms with Gasteiger partial charge in [-0.05, 0) is 77.0 Å². The number of carbonyl (C=O) groups is 6. The first-order chi connectivity index (χ1) is 39.7. The minimum atomic E-state index is -3.37. The molecule has 3 saturated heterocycles. The van der Waals surface area contributed by atoms with E-state index in [2.05, 4.69) is 49.7 Å². The van der Waals surface area contributed by atoms with E-state index < -0.39 is 91.2 Å². The zero-order valence-electron chi connectivity index (χ0n) is 50.8. The third kappa shape index (κ3) is 28.4. The SMILES string of the molecule is CC#CCC(C)[C@@H](O)/C=C/[C@H]1CC(F)(F)C(=O)N1CCCCCCC(=O)OC.CC#CC[C@@H](C)[C@H](O)/C=C/[C@H]1CC(F)(F)C(=O)N1CCCCCCC(=O)OC.CC#CC[C@H](C)[C@H](O)/C=C/[C@H]1CC(F)(F)C(=O)N1CCCCCCC(=O)OC. The molecule has 3 N–H and O–H groups in total. The van der Waals surface area contributed by atoms with Crippen LogP contribution in [-0.4, -0.2) is 161 Å². The molecule has 21 heteroatoms. The fourth-order valence-corrected chi connectivity index (χ4v) is 9.25. The van der Waals surface area contributed by atoms with Gasteiger partial charge in [-0.3, -0.25) is 28.8 Å². The Hall–Kier alpha value is -5.82. The summed E-state index contributed by atoms with van der Waals surface area (Å²) in [5.74, 6) is 2.18. The summed E-state index contributed by atoms with van der Waals surface area (Å²) in [4.78, 5) is 72.8. The van der Waals surface area contributed by atoms with Gasteiger partial charge in [-0.25, -0.2) is 0 Å². The van der Waals surface area contributed by atoms with Crippen molar-refractivity contribution in [2.24, 2.45) is 17.8 Å². The van der Waals surface area contributed by atoms with Crippen molar-refractivity contribution >= 4 is 35.6 Å². The molecule has 0 aromatic rings. The molecular formula is C63H93F6N3O12. The van der Waals surface area contributed by atoms with Crippen LogP contribution in [0.5, 0.6) is 0 Å². The standard InChI is InChI=1S/3C21H31F2NO4/c3*1-4-5-10-16(2)18(25)13-12-17-15-21(22,23)20(27)24(17)14-9-7-6-8-11-19(26)28-3/h3*12-13,16-18,25H,6-11,14-15H2,1-3H3/b3*13-12+/t16?,17-,18-;16-,17+,18-;16-,17-,18+/m010/s1. The van der Waals surface area contributed by atoms with E-state index in [-0.39, 0.29) is 55.3 Å².